The third-order valence-electron chi connectivity index (χ3n) is 7.15. The zero-order chi connectivity index (χ0) is 26.7. The summed E-state index contributed by atoms with van der Waals surface area (Å²) in [5, 5.41) is 19.5. The number of hydrogen-bond acceptors (Lipinski definition) is 5. The van der Waals surface area contributed by atoms with Gasteiger partial charge in [0.2, 0.25) is 0 Å². The number of carboxylic acid groups (broad SMARTS) is 2. The van der Waals surface area contributed by atoms with Crippen LogP contribution in [-0.2, 0) is 9.59 Å². The first-order valence-corrected chi connectivity index (χ1v) is 16.3. The zero-order valence-corrected chi connectivity index (χ0v) is 24.3. The molecule has 2 rings (SSSR count). The van der Waals surface area contributed by atoms with Gasteiger partial charge in [0.15, 0.2) is 4.34 Å². The predicted octanol–water partition coefficient (Wildman–Crippen LogP) is 9.44. The highest BCUT2D eigenvalue weighted by atomic mass is 32.2. The first-order valence-electron chi connectivity index (χ1n) is 14.5. The molecule has 1 aromatic carbocycles. The molecule has 0 aliphatic carbocycles. The molecule has 0 aliphatic rings. The van der Waals surface area contributed by atoms with Gasteiger partial charge in [-0.25, -0.2) is 4.98 Å². The van der Waals surface area contributed by atoms with Crippen LogP contribution >= 0.6 is 23.1 Å². The lowest BCUT2D eigenvalue weighted by atomic mass is 9.88. The van der Waals surface area contributed by atoms with Crippen LogP contribution in [0.1, 0.15) is 116 Å². The van der Waals surface area contributed by atoms with Crippen molar-refractivity contribution in [2.24, 2.45) is 11.8 Å². The Balaban J connectivity index is 1.56. The molecule has 2 atom stereocenters. The lowest BCUT2D eigenvalue weighted by molar-refractivity contribution is -0.153. The Hall–Kier alpha value is -1.60. The van der Waals surface area contributed by atoms with Gasteiger partial charge in [-0.1, -0.05) is 134 Å². The van der Waals surface area contributed by atoms with Gasteiger partial charge in [-0.2, -0.15) is 0 Å². The van der Waals surface area contributed by atoms with E-state index in [0.29, 0.717) is 6.42 Å². The number of rotatable bonds is 23. The Labute approximate surface area is 231 Å². The van der Waals surface area contributed by atoms with Crippen LogP contribution in [0.2, 0.25) is 0 Å². The van der Waals surface area contributed by atoms with Crippen molar-refractivity contribution < 1.29 is 19.8 Å². The van der Waals surface area contributed by atoms with Gasteiger partial charge in [0.1, 0.15) is 0 Å². The lowest BCUT2D eigenvalue weighted by Gasteiger charge is -2.19. The topological polar surface area (TPSA) is 87.5 Å². The van der Waals surface area contributed by atoms with Gasteiger partial charge >= 0.3 is 11.9 Å². The molecule has 2 N–H and O–H groups in total. The minimum Gasteiger partial charge on any atom is -0.481 e. The summed E-state index contributed by atoms with van der Waals surface area (Å²) in [7, 11) is 0. The van der Waals surface area contributed by atoms with Crippen molar-refractivity contribution in [1.82, 2.24) is 4.98 Å². The van der Waals surface area contributed by atoms with Gasteiger partial charge in [-0.05, 0) is 18.6 Å². The van der Waals surface area contributed by atoms with Crippen LogP contribution in [0.15, 0.2) is 28.6 Å². The Morgan fingerprint density at radius 1 is 0.757 bits per heavy atom. The van der Waals surface area contributed by atoms with Crippen molar-refractivity contribution in [1.29, 1.82) is 0 Å². The Bertz CT molecular complexity index is 868. The van der Waals surface area contributed by atoms with E-state index in [4.69, 9.17) is 0 Å². The van der Waals surface area contributed by atoms with E-state index in [0.717, 1.165) is 33.8 Å². The average molecular weight is 550 g/mol. The molecule has 1 heterocycles. The number of hydrogen-bond donors (Lipinski definition) is 2. The molecule has 0 fully saturated rings. The second kappa shape index (κ2) is 19.5. The van der Waals surface area contributed by atoms with Gasteiger partial charge in [0.25, 0.3) is 0 Å². The van der Waals surface area contributed by atoms with Crippen LogP contribution in [0.5, 0.6) is 0 Å². The van der Waals surface area contributed by atoms with Crippen LogP contribution in [0.3, 0.4) is 0 Å². The number of carboxylic acids is 2. The molecule has 0 bridgehead atoms. The van der Waals surface area contributed by atoms with E-state index in [-0.39, 0.29) is 5.75 Å². The van der Waals surface area contributed by atoms with Crippen molar-refractivity contribution in [3.8, 4) is 0 Å². The van der Waals surface area contributed by atoms with E-state index in [1.54, 1.807) is 0 Å². The number of nitrogens with zero attached hydrogens (tertiary/aromatic N) is 1. The van der Waals surface area contributed by atoms with Gasteiger partial charge in [0, 0.05) is 5.75 Å². The highest BCUT2D eigenvalue weighted by Gasteiger charge is 2.33. The minimum absolute atomic E-state index is 0.227. The summed E-state index contributed by atoms with van der Waals surface area (Å²) < 4.78 is 1.85. The molecule has 5 nitrogen and oxygen atoms in total. The fourth-order valence-corrected chi connectivity index (χ4v) is 7.11. The molecule has 0 radical (unpaired) electrons. The summed E-state index contributed by atoms with van der Waals surface area (Å²) in [6.07, 6.45) is 20.7. The third kappa shape index (κ3) is 13.2. The molecule has 0 amide bonds. The van der Waals surface area contributed by atoms with E-state index in [1.807, 2.05) is 24.3 Å². The molecule has 2 unspecified atom stereocenters. The number of fused-ring (bicyclic) bond motifs is 1. The number of unbranched alkanes of at least 4 members (excludes halogenated alkanes) is 15. The van der Waals surface area contributed by atoms with Crippen LogP contribution in [0.4, 0.5) is 0 Å². The van der Waals surface area contributed by atoms with E-state index in [1.165, 1.54) is 107 Å². The molecule has 0 aliphatic heterocycles. The van der Waals surface area contributed by atoms with Crippen molar-refractivity contribution >= 4 is 45.3 Å². The normalized spacial score (nSPS) is 13.1. The standard InChI is InChI=1S/C30H47NO4S2/c1-2-3-4-5-6-7-8-9-10-11-12-13-14-15-16-17-20-24(28(32)33)25(29(34)35)23-36-30-31-26-21-18-19-22-27(26)37-30/h18-19,21-22,24-25H,2-17,20,23H2,1H3,(H,32,33)(H,34,35). The quantitative estimate of drug-likeness (QED) is 0.106. The molecular formula is C30H47NO4S2. The predicted molar refractivity (Wildman–Crippen MR) is 157 cm³/mol. The summed E-state index contributed by atoms with van der Waals surface area (Å²) in [5.74, 6) is -3.57. The van der Waals surface area contributed by atoms with Crippen LogP contribution in [0, 0.1) is 11.8 Å². The van der Waals surface area contributed by atoms with E-state index in [9.17, 15) is 19.8 Å². The van der Waals surface area contributed by atoms with Crippen molar-refractivity contribution in [2.45, 2.75) is 120 Å². The number of carbonyl (C=O) groups is 2. The zero-order valence-electron chi connectivity index (χ0n) is 22.7. The molecule has 2 aromatic rings. The first kappa shape index (κ1) is 31.6. The fourth-order valence-electron chi connectivity index (χ4n) is 4.84. The molecule has 1 aromatic heterocycles. The summed E-state index contributed by atoms with van der Waals surface area (Å²) in [4.78, 5) is 28.4. The summed E-state index contributed by atoms with van der Waals surface area (Å²) in [6, 6.07) is 7.80. The maximum absolute atomic E-state index is 11.9. The highest BCUT2D eigenvalue weighted by molar-refractivity contribution is 8.01. The summed E-state index contributed by atoms with van der Waals surface area (Å²) in [5.41, 5.74) is 0.893. The number of thioether (sulfide) groups is 1. The molecule has 0 saturated heterocycles. The van der Waals surface area contributed by atoms with Crippen molar-refractivity contribution in [3.05, 3.63) is 24.3 Å². The monoisotopic (exact) mass is 549 g/mol. The molecular weight excluding hydrogens is 502 g/mol. The molecule has 7 heteroatoms. The highest BCUT2D eigenvalue weighted by Crippen LogP contribution is 2.33. The second-order valence-electron chi connectivity index (χ2n) is 10.2. The van der Waals surface area contributed by atoms with Crippen molar-refractivity contribution in [2.75, 3.05) is 5.75 Å². The van der Waals surface area contributed by atoms with E-state index in [2.05, 4.69) is 11.9 Å². The maximum atomic E-state index is 11.9. The van der Waals surface area contributed by atoms with Gasteiger partial charge in [-0.15, -0.1) is 11.3 Å². The molecule has 208 valence electrons. The van der Waals surface area contributed by atoms with Gasteiger partial charge in [0.05, 0.1) is 22.1 Å². The van der Waals surface area contributed by atoms with Gasteiger partial charge in [-0.3, -0.25) is 9.59 Å². The molecule has 37 heavy (non-hydrogen) atoms. The fraction of sp³-hybridized carbons (Fsp3) is 0.700. The molecule has 0 saturated carbocycles. The number of benzene rings is 1. The number of aromatic nitrogens is 1. The third-order valence-corrected chi connectivity index (χ3v) is 9.45. The Morgan fingerprint density at radius 3 is 1.73 bits per heavy atom. The molecule has 0 spiro atoms. The maximum Gasteiger partial charge on any atom is 0.308 e. The van der Waals surface area contributed by atoms with Crippen LogP contribution < -0.4 is 0 Å². The van der Waals surface area contributed by atoms with E-state index < -0.39 is 23.8 Å². The van der Waals surface area contributed by atoms with E-state index >= 15 is 0 Å². The number of thiazole rings is 1. The first-order chi connectivity index (χ1) is 18.0. The smallest absolute Gasteiger partial charge is 0.308 e. The minimum atomic E-state index is -1.03. The summed E-state index contributed by atoms with van der Waals surface area (Å²) >= 11 is 2.88. The number of para-hydroxylation sites is 1. The Kier molecular flexibility index (Phi) is 16.6. The van der Waals surface area contributed by atoms with Gasteiger partial charge < -0.3 is 10.2 Å². The Morgan fingerprint density at radius 2 is 1.24 bits per heavy atom. The largest absolute Gasteiger partial charge is 0.481 e. The van der Waals surface area contributed by atoms with Crippen LogP contribution in [0.25, 0.3) is 10.2 Å². The van der Waals surface area contributed by atoms with Crippen LogP contribution in [-0.4, -0.2) is 32.9 Å². The lowest BCUT2D eigenvalue weighted by Crippen LogP contribution is -2.31. The number of aliphatic carboxylic acids is 2. The SMILES string of the molecule is CCCCCCCCCCCCCCCCCCC(C(=O)O)C(CSc1nc2ccccc2s1)C(=O)O. The average Bonchev–Trinajstić information content (AvgIpc) is 3.30. The second-order valence-corrected chi connectivity index (χ2v) is 12.5. The summed E-state index contributed by atoms with van der Waals surface area (Å²) in [6.45, 7) is 2.26. The van der Waals surface area contributed by atoms with Crippen molar-refractivity contribution in [3.63, 3.8) is 0 Å².